The highest BCUT2D eigenvalue weighted by atomic mass is 32.2. The molecule has 9 nitrogen and oxygen atoms in total. The van der Waals surface area contributed by atoms with Gasteiger partial charge in [-0.1, -0.05) is 6.07 Å². The van der Waals surface area contributed by atoms with Crippen molar-refractivity contribution in [1.82, 2.24) is 14.5 Å². The summed E-state index contributed by atoms with van der Waals surface area (Å²) in [5.74, 6) is 1.59. The maximum atomic E-state index is 12.6. The van der Waals surface area contributed by atoms with Gasteiger partial charge in [-0.3, -0.25) is 4.79 Å². The van der Waals surface area contributed by atoms with Gasteiger partial charge < -0.3 is 24.0 Å². The van der Waals surface area contributed by atoms with Crippen molar-refractivity contribution in [2.24, 2.45) is 0 Å². The van der Waals surface area contributed by atoms with Crippen molar-refractivity contribution < 1.29 is 27.4 Å². The Balaban J connectivity index is 1.49. The second-order valence-electron chi connectivity index (χ2n) is 7.78. The van der Waals surface area contributed by atoms with Crippen LogP contribution in [0, 0.1) is 0 Å². The quantitative estimate of drug-likeness (QED) is 0.552. The molecular weight excluding hydrogens is 446 g/mol. The number of benzene rings is 2. The van der Waals surface area contributed by atoms with Crippen LogP contribution < -0.4 is 18.9 Å². The average Bonchev–Trinajstić information content (AvgIpc) is 2.83. The van der Waals surface area contributed by atoms with Crippen LogP contribution in [0.3, 0.4) is 0 Å². The third-order valence-electron chi connectivity index (χ3n) is 5.51. The van der Waals surface area contributed by atoms with Gasteiger partial charge in [-0.15, -0.1) is 0 Å². The summed E-state index contributed by atoms with van der Waals surface area (Å²) >= 11 is 0. The van der Waals surface area contributed by atoms with Crippen LogP contribution in [0.1, 0.15) is 5.56 Å². The molecule has 1 heterocycles. The molecule has 33 heavy (non-hydrogen) atoms. The zero-order chi connectivity index (χ0) is 23.8. The number of carbonyl (C=O) groups excluding carboxylic acids is 1. The van der Waals surface area contributed by atoms with E-state index in [0.29, 0.717) is 36.8 Å². The number of amides is 1. The standard InChI is InChI=1S/C23H31N3O6S/c1-25-12-14-26(15-13-25)23(27)17-32-19-5-7-20(8-6-19)33(28,29)24-11-10-18-4-9-21(30-2)22(16-18)31-3/h4-9,16,24H,10-15,17H2,1-3H3. The lowest BCUT2D eigenvalue weighted by Gasteiger charge is -2.32. The fraction of sp³-hybridized carbons (Fsp3) is 0.435. The van der Waals surface area contributed by atoms with E-state index >= 15 is 0 Å². The normalized spacial score (nSPS) is 14.7. The van der Waals surface area contributed by atoms with Crippen molar-refractivity contribution in [2.45, 2.75) is 11.3 Å². The summed E-state index contributed by atoms with van der Waals surface area (Å²) in [7, 11) is 1.47. The Labute approximate surface area is 195 Å². The number of carbonyl (C=O) groups is 1. The van der Waals surface area contributed by atoms with Gasteiger partial charge in [0, 0.05) is 32.7 Å². The number of rotatable bonds is 10. The van der Waals surface area contributed by atoms with E-state index in [-0.39, 0.29) is 24.0 Å². The van der Waals surface area contributed by atoms with E-state index < -0.39 is 10.0 Å². The third kappa shape index (κ3) is 6.83. The van der Waals surface area contributed by atoms with Crippen molar-refractivity contribution in [1.29, 1.82) is 0 Å². The average molecular weight is 478 g/mol. The molecule has 1 fully saturated rings. The van der Waals surface area contributed by atoms with Gasteiger partial charge in [0.1, 0.15) is 5.75 Å². The van der Waals surface area contributed by atoms with Crippen LogP contribution in [0.25, 0.3) is 0 Å². The molecule has 3 rings (SSSR count). The second-order valence-corrected chi connectivity index (χ2v) is 9.55. The summed E-state index contributed by atoms with van der Waals surface area (Å²) < 4.78 is 43.8. The Morgan fingerprint density at radius 3 is 2.27 bits per heavy atom. The fourth-order valence-corrected chi connectivity index (χ4v) is 4.49. The van der Waals surface area contributed by atoms with E-state index in [2.05, 4.69) is 9.62 Å². The fourth-order valence-electron chi connectivity index (χ4n) is 3.46. The molecule has 0 saturated carbocycles. The second kappa shape index (κ2) is 11.4. The SMILES string of the molecule is COc1ccc(CCNS(=O)(=O)c2ccc(OCC(=O)N3CCN(C)CC3)cc2)cc1OC. The Bertz CT molecular complexity index is 1030. The number of nitrogens with zero attached hydrogens (tertiary/aromatic N) is 2. The molecule has 2 aromatic carbocycles. The number of piperazine rings is 1. The van der Waals surface area contributed by atoms with Gasteiger partial charge >= 0.3 is 0 Å². The summed E-state index contributed by atoms with van der Waals surface area (Å²) in [5, 5.41) is 0. The van der Waals surface area contributed by atoms with Crippen LogP contribution in [0.4, 0.5) is 0 Å². The minimum absolute atomic E-state index is 0.0701. The summed E-state index contributed by atoms with van der Waals surface area (Å²) in [6.45, 7) is 3.22. The van der Waals surface area contributed by atoms with Gasteiger partial charge in [-0.05, 0) is 55.4 Å². The lowest BCUT2D eigenvalue weighted by Crippen LogP contribution is -2.48. The van der Waals surface area contributed by atoms with Gasteiger partial charge in [-0.25, -0.2) is 13.1 Å². The molecule has 1 saturated heterocycles. The zero-order valence-electron chi connectivity index (χ0n) is 19.2. The van der Waals surface area contributed by atoms with E-state index in [1.807, 2.05) is 19.2 Å². The van der Waals surface area contributed by atoms with Crippen LogP contribution in [0.15, 0.2) is 47.4 Å². The Kier molecular flexibility index (Phi) is 8.54. The molecule has 0 spiro atoms. The highest BCUT2D eigenvalue weighted by Crippen LogP contribution is 2.27. The first-order valence-electron chi connectivity index (χ1n) is 10.7. The van der Waals surface area contributed by atoms with Gasteiger partial charge in [0.25, 0.3) is 5.91 Å². The summed E-state index contributed by atoms with van der Waals surface area (Å²) in [5.41, 5.74) is 0.920. The highest BCUT2D eigenvalue weighted by molar-refractivity contribution is 7.89. The topological polar surface area (TPSA) is 97.4 Å². The van der Waals surface area contributed by atoms with Gasteiger partial charge in [0.05, 0.1) is 19.1 Å². The minimum Gasteiger partial charge on any atom is -0.493 e. The molecule has 0 radical (unpaired) electrons. The van der Waals surface area contributed by atoms with Crippen molar-refractivity contribution in [3.8, 4) is 17.2 Å². The Morgan fingerprint density at radius 1 is 0.970 bits per heavy atom. The van der Waals surface area contributed by atoms with Crippen LogP contribution in [0.2, 0.25) is 0 Å². The van der Waals surface area contributed by atoms with E-state index in [0.717, 1.165) is 18.7 Å². The van der Waals surface area contributed by atoms with Crippen LogP contribution in [-0.2, 0) is 21.2 Å². The zero-order valence-corrected chi connectivity index (χ0v) is 20.1. The molecule has 2 aromatic rings. The number of likely N-dealkylation sites (N-methyl/N-ethyl adjacent to an activating group) is 1. The van der Waals surface area contributed by atoms with E-state index in [4.69, 9.17) is 14.2 Å². The number of methoxy groups -OCH3 is 2. The third-order valence-corrected chi connectivity index (χ3v) is 6.98. The maximum absolute atomic E-state index is 12.6. The number of nitrogens with one attached hydrogen (secondary N) is 1. The summed E-state index contributed by atoms with van der Waals surface area (Å²) in [6.07, 6.45) is 0.495. The number of hydrogen-bond acceptors (Lipinski definition) is 7. The van der Waals surface area contributed by atoms with E-state index in [9.17, 15) is 13.2 Å². The van der Waals surface area contributed by atoms with Crippen molar-refractivity contribution in [2.75, 3.05) is 60.6 Å². The first-order valence-corrected chi connectivity index (χ1v) is 12.2. The number of sulfonamides is 1. The molecule has 1 N–H and O–H groups in total. The predicted molar refractivity (Wildman–Crippen MR) is 124 cm³/mol. The molecule has 0 unspecified atom stereocenters. The molecular formula is C23H31N3O6S. The molecule has 10 heteroatoms. The van der Waals surface area contributed by atoms with Gasteiger partial charge in [0.15, 0.2) is 18.1 Å². The lowest BCUT2D eigenvalue weighted by atomic mass is 10.1. The maximum Gasteiger partial charge on any atom is 0.260 e. The Hall–Kier alpha value is -2.82. The molecule has 0 aliphatic carbocycles. The summed E-state index contributed by atoms with van der Waals surface area (Å²) in [6, 6.07) is 11.5. The van der Waals surface area contributed by atoms with Crippen molar-refractivity contribution in [3.63, 3.8) is 0 Å². The highest BCUT2D eigenvalue weighted by Gasteiger charge is 2.19. The van der Waals surface area contributed by atoms with E-state index in [1.54, 1.807) is 37.3 Å². The lowest BCUT2D eigenvalue weighted by molar-refractivity contribution is -0.134. The smallest absolute Gasteiger partial charge is 0.260 e. The molecule has 0 bridgehead atoms. The molecule has 0 atom stereocenters. The minimum atomic E-state index is -3.67. The predicted octanol–water partition coefficient (Wildman–Crippen LogP) is 1.38. The van der Waals surface area contributed by atoms with Crippen LogP contribution in [-0.4, -0.2) is 84.7 Å². The molecule has 0 aromatic heterocycles. The molecule has 180 valence electrons. The summed E-state index contributed by atoms with van der Waals surface area (Å²) in [4.78, 5) is 16.4. The Morgan fingerprint density at radius 2 is 1.64 bits per heavy atom. The first-order chi connectivity index (χ1) is 15.8. The molecule has 1 amide bonds. The van der Waals surface area contributed by atoms with E-state index in [1.165, 1.54) is 12.1 Å². The first kappa shape index (κ1) is 24.8. The van der Waals surface area contributed by atoms with Crippen LogP contribution in [0.5, 0.6) is 17.2 Å². The van der Waals surface area contributed by atoms with Gasteiger partial charge in [0.2, 0.25) is 10.0 Å². The largest absolute Gasteiger partial charge is 0.493 e. The number of ether oxygens (including phenoxy) is 3. The monoisotopic (exact) mass is 477 g/mol. The molecule has 1 aliphatic heterocycles. The van der Waals surface area contributed by atoms with Crippen molar-refractivity contribution >= 4 is 15.9 Å². The van der Waals surface area contributed by atoms with Gasteiger partial charge in [-0.2, -0.15) is 0 Å². The van der Waals surface area contributed by atoms with Crippen LogP contribution >= 0.6 is 0 Å². The van der Waals surface area contributed by atoms with Crippen molar-refractivity contribution in [3.05, 3.63) is 48.0 Å². The number of hydrogen-bond donors (Lipinski definition) is 1. The molecule has 1 aliphatic rings.